The predicted octanol–water partition coefficient (Wildman–Crippen LogP) is 2.63. The van der Waals surface area contributed by atoms with Crippen molar-refractivity contribution in [1.29, 1.82) is 0 Å². The van der Waals surface area contributed by atoms with Gasteiger partial charge in [-0.05, 0) is 17.7 Å². The maximum absolute atomic E-state index is 12.2. The summed E-state index contributed by atoms with van der Waals surface area (Å²) in [5.74, 6) is 1.30. The van der Waals surface area contributed by atoms with Crippen molar-refractivity contribution < 1.29 is 24.1 Å². The topological polar surface area (TPSA) is 92.3 Å². The first-order valence-electron chi connectivity index (χ1n) is 8.69. The van der Waals surface area contributed by atoms with Crippen LogP contribution in [0, 0.1) is 0 Å². The highest BCUT2D eigenvalue weighted by atomic mass is 16.5. The lowest BCUT2D eigenvalue weighted by Crippen LogP contribution is -2.32. The molecular formula is C20H27N3O5. The maximum Gasteiger partial charge on any atom is 0.319 e. The monoisotopic (exact) mass is 389 g/mol. The molecular weight excluding hydrogens is 362 g/mol. The summed E-state index contributed by atoms with van der Waals surface area (Å²) in [5, 5.41) is 15.6. The van der Waals surface area contributed by atoms with E-state index >= 15 is 0 Å². The zero-order valence-electron chi connectivity index (χ0n) is 16.8. The molecule has 0 aliphatic carbocycles. The second-order valence-corrected chi connectivity index (χ2v) is 6.25. The third-order valence-corrected chi connectivity index (χ3v) is 4.17. The van der Waals surface area contributed by atoms with Gasteiger partial charge in [0, 0.05) is 38.5 Å². The van der Waals surface area contributed by atoms with Gasteiger partial charge in [0.05, 0.1) is 33.1 Å². The van der Waals surface area contributed by atoms with E-state index in [9.17, 15) is 9.90 Å². The first-order chi connectivity index (χ1) is 13.4. The number of amides is 2. The predicted molar refractivity (Wildman–Crippen MR) is 109 cm³/mol. The minimum atomic E-state index is -0.818. The minimum Gasteiger partial charge on any atom is -0.493 e. The molecule has 0 heterocycles. The molecule has 2 aromatic rings. The van der Waals surface area contributed by atoms with Gasteiger partial charge in [-0.3, -0.25) is 0 Å². The van der Waals surface area contributed by atoms with Crippen LogP contribution in [0.25, 0.3) is 0 Å². The number of carbonyl (C=O) groups excluding carboxylic acids is 1. The second kappa shape index (κ2) is 9.70. The Morgan fingerprint density at radius 3 is 2.07 bits per heavy atom. The van der Waals surface area contributed by atoms with E-state index in [1.54, 1.807) is 12.1 Å². The molecule has 1 unspecified atom stereocenters. The van der Waals surface area contributed by atoms with Crippen LogP contribution in [0.15, 0.2) is 36.4 Å². The van der Waals surface area contributed by atoms with Crippen molar-refractivity contribution in [2.24, 2.45) is 0 Å². The molecule has 3 N–H and O–H groups in total. The first-order valence-corrected chi connectivity index (χ1v) is 8.69. The van der Waals surface area contributed by atoms with Crippen LogP contribution >= 0.6 is 0 Å². The summed E-state index contributed by atoms with van der Waals surface area (Å²) < 4.78 is 15.8. The number of anilines is 2. The number of aliphatic hydroxyl groups excluding tert-OH is 1. The third kappa shape index (κ3) is 5.20. The standard InChI is InChI=1S/C20H27N3O5/c1-23(2)15-8-6-13(7-9-15)16(24)12-21-20(25)22-14-10-17(26-3)19(28-5)18(11-14)27-4/h6-11,16,24H,12H2,1-5H3,(H2,21,22,25). The van der Waals surface area contributed by atoms with Crippen LogP contribution < -0.4 is 29.7 Å². The second-order valence-electron chi connectivity index (χ2n) is 6.25. The minimum absolute atomic E-state index is 0.0670. The van der Waals surface area contributed by atoms with Gasteiger partial charge in [0.25, 0.3) is 0 Å². The van der Waals surface area contributed by atoms with Crippen LogP contribution in [0.3, 0.4) is 0 Å². The van der Waals surface area contributed by atoms with E-state index in [0.29, 0.717) is 22.9 Å². The summed E-state index contributed by atoms with van der Waals surface area (Å²) in [5.41, 5.74) is 2.22. The molecule has 8 heteroatoms. The van der Waals surface area contributed by atoms with Crippen molar-refractivity contribution in [2.45, 2.75) is 6.10 Å². The van der Waals surface area contributed by atoms with Gasteiger partial charge in [-0.15, -0.1) is 0 Å². The summed E-state index contributed by atoms with van der Waals surface area (Å²) in [4.78, 5) is 14.2. The number of benzene rings is 2. The Labute approximate surface area is 165 Å². The molecule has 0 bridgehead atoms. The molecule has 0 spiro atoms. The first kappa shape index (κ1) is 21.2. The third-order valence-electron chi connectivity index (χ3n) is 4.17. The molecule has 2 rings (SSSR count). The van der Waals surface area contributed by atoms with Crippen molar-refractivity contribution in [3.63, 3.8) is 0 Å². The van der Waals surface area contributed by atoms with E-state index in [-0.39, 0.29) is 6.54 Å². The summed E-state index contributed by atoms with van der Waals surface area (Å²) >= 11 is 0. The van der Waals surface area contributed by atoms with Crippen LogP contribution in [-0.4, -0.2) is 53.1 Å². The number of rotatable bonds is 8. The van der Waals surface area contributed by atoms with Gasteiger partial charge in [-0.2, -0.15) is 0 Å². The molecule has 2 amide bonds. The SMILES string of the molecule is COc1cc(NC(=O)NCC(O)c2ccc(N(C)C)cc2)cc(OC)c1OC. The molecule has 2 aromatic carbocycles. The fourth-order valence-electron chi connectivity index (χ4n) is 2.63. The summed E-state index contributed by atoms with van der Waals surface area (Å²) in [6, 6.07) is 10.3. The number of carbonyl (C=O) groups is 1. The molecule has 0 saturated carbocycles. The lowest BCUT2D eigenvalue weighted by molar-refractivity contribution is 0.175. The van der Waals surface area contributed by atoms with Crippen LogP contribution in [-0.2, 0) is 0 Å². The molecule has 8 nitrogen and oxygen atoms in total. The molecule has 0 fully saturated rings. The normalized spacial score (nSPS) is 11.4. The van der Waals surface area contributed by atoms with E-state index in [1.165, 1.54) is 21.3 Å². The van der Waals surface area contributed by atoms with E-state index in [1.807, 2.05) is 43.3 Å². The fourth-order valence-corrected chi connectivity index (χ4v) is 2.63. The highest BCUT2D eigenvalue weighted by molar-refractivity contribution is 5.90. The Balaban J connectivity index is 1.98. The number of ether oxygens (including phenoxy) is 3. The molecule has 0 aromatic heterocycles. The van der Waals surface area contributed by atoms with Crippen molar-refractivity contribution >= 4 is 17.4 Å². The zero-order valence-corrected chi connectivity index (χ0v) is 16.8. The van der Waals surface area contributed by atoms with E-state index in [2.05, 4.69) is 10.6 Å². The summed E-state index contributed by atoms with van der Waals surface area (Å²) in [6.07, 6.45) is -0.818. The number of methoxy groups -OCH3 is 3. The lowest BCUT2D eigenvalue weighted by atomic mass is 10.1. The van der Waals surface area contributed by atoms with Gasteiger partial charge in [0.15, 0.2) is 11.5 Å². The number of aliphatic hydroxyl groups is 1. The van der Waals surface area contributed by atoms with Crippen molar-refractivity contribution in [3.05, 3.63) is 42.0 Å². The van der Waals surface area contributed by atoms with Crippen LogP contribution in [0.4, 0.5) is 16.2 Å². The maximum atomic E-state index is 12.2. The molecule has 0 saturated heterocycles. The van der Waals surface area contributed by atoms with E-state index in [0.717, 1.165) is 11.3 Å². The Morgan fingerprint density at radius 2 is 1.61 bits per heavy atom. The molecule has 0 aliphatic rings. The average Bonchev–Trinajstić information content (AvgIpc) is 2.71. The van der Waals surface area contributed by atoms with Gasteiger partial charge in [0.1, 0.15) is 0 Å². The average molecular weight is 389 g/mol. The number of nitrogens with zero attached hydrogens (tertiary/aromatic N) is 1. The Morgan fingerprint density at radius 1 is 1.04 bits per heavy atom. The Kier molecular flexibility index (Phi) is 7.34. The van der Waals surface area contributed by atoms with Gasteiger partial charge < -0.3 is 34.9 Å². The number of urea groups is 1. The molecule has 1 atom stereocenters. The Hall–Kier alpha value is -3.13. The largest absolute Gasteiger partial charge is 0.493 e. The van der Waals surface area contributed by atoms with Crippen LogP contribution in [0.2, 0.25) is 0 Å². The highest BCUT2D eigenvalue weighted by Crippen LogP contribution is 2.39. The fraction of sp³-hybridized carbons (Fsp3) is 0.350. The van der Waals surface area contributed by atoms with E-state index < -0.39 is 12.1 Å². The lowest BCUT2D eigenvalue weighted by Gasteiger charge is -2.17. The van der Waals surface area contributed by atoms with Gasteiger partial charge >= 0.3 is 6.03 Å². The van der Waals surface area contributed by atoms with Gasteiger partial charge in [-0.1, -0.05) is 12.1 Å². The summed E-state index contributed by atoms with van der Waals surface area (Å²) in [6.45, 7) is 0.0670. The zero-order chi connectivity index (χ0) is 20.7. The van der Waals surface area contributed by atoms with Gasteiger partial charge in [-0.25, -0.2) is 4.79 Å². The number of hydrogen-bond acceptors (Lipinski definition) is 6. The van der Waals surface area contributed by atoms with Crippen LogP contribution in [0.5, 0.6) is 17.2 Å². The smallest absolute Gasteiger partial charge is 0.319 e. The molecule has 0 aliphatic heterocycles. The number of nitrogens with one attached hydrogen (secondary N) is 2. The van der Waals surface area contributed by atoms with Crippen LogP contribution in [0.1, 0.15) is 11.7 Å². The van der Waals surface area contributed by atoms with Crippen molar-refractivity contribution in [1.82, 2.24) is 5.32 Å². The highest BCUT2D eigenvalue weighted by Gasteiger charge is 2.15. The Bertz CT molecular complexity index is 768. The number of hydrogen-bond donors (Lipinski definition) is 3. The summed E-state index contributed by atoms with van der Waals surface area (Å²) in [7, 11) is 8.39. The van der Waals surface area contributed by atoms with Gasteiger partial charge in [0.2, 0.25) is 5.75 Å². The van der Waals surface area contributed by atoms with Crippen molar-refractivity contribution in [3.8, 4) is 17.2 Å². The molecule has 152 valence electrons. The molecule has 28 heavy (non-hydrogen) atoms. The van der Waals surface area contributed by atoms with Crippen molar-refractivity contribution in [2.75, 3.05) is 52.2 Å². The van der Waals surface area contributed by atoms with E-state index in [4.69, 9.17) is 14.2 Å². The quantitative estimate of drug-likeness (QED) is 0.643. The molecule has 0 radical (unpaired) electrons.